The lowest BCUT2D eigenvalue weighted by atomic mass is 10.1. The van der Waals surface area contributed by atoms with Crippen LogP contribution in [0.5, 0.6) is 0 Å². The molecule has 82 valence electrons. The van der Waals surface area contributed by atoms with Gasteiger partial charge in [0.2, 0.25) is 0 Å². The van der Waals surface area contributed by atoms with Gasteiger partial charge in [0, 0.05) is 10.0 Å². The molecule has 2 rings (SSSR count). The van der Waals surface area contributed by atoms with E-state index < -0.39 is 6.09 Å². The van der Waals surface area contributed by atoms with E-state index in [4.69, 9.17) is 10.3 Å². The topological polar surface area (TPSA) is 87.6 Å². The number of epoxide rings is 1. The van der Waals surface area contributed by atoms with E-state index in [9.17, 15) is 4.79 Å². The molecular formula is C10H9N3O3. The second kappa shape index (κ2) is 4.65. The van der Waals surface area contributed by atoms with Crippen molar-refractivity contribution >= 4 is 6.09 Å². The van der Waals surface area contributed by atoms with Gasteiger partial charge in [-0.25, -0.2) is 4.79 Å². The molecule has 2 atom stereocenters. The summed E-state index contributed by atoms with van der Waals surface area (Å²) in [5.74, 6) is 0. The zero-order valence-electron chi connectivity index (χ0n) is 8.31. The van der Waals surface area contributed by atoms with Gasteiger partial charge >= 0.3 is 6.09 Å². The molecule has 1 aliphatic rings. The van der Waals surface area contributed by atoms with Gasteiger partial charge in [0.25, 0.3) is 0 Å². The molecule has 0 saturated carbocycles. The van der Waals surface area contributed by atoms with Crippen LogP contribution in [-0.4, -0.2) is 18.8 Å². The van der Waals surface area contributed by atoms with Crippen molar-refractivity contribution in [3.05, 3.63) is 46.3 Å². The number of carbonyl (C=O) groups excluding carboxylic acids is 1. The Labute approximate surface area is 91.4 Å². The molecule has 2 unspecified atom stereocenters. The first-order valence-corrected chi connectivity index (χ1v) is 4.73. The van der Waals surface area contributed by atoms with Gasteiger partial charge < -0.3 is 9.47 Å². The maximum absolute atomic E-state index is 10.7. The molecule has 0 aromatic heterocycles. The van der Waals surface area contributed by atoms with Crippen molar-refractivity contribution < 1.29 is 14.3 Å². The fraction of sp³-hybridized carbons (Fsp3) is 0.300. The Kier molecular flexibility index (Phi) is 3.05. The third-order valence-electron chi connectivity index (χ3n) is 2.21. The largest absolute Gasteiger partial charge is 0.458 e. The van der Waals surface area contributed by atoms with E-state index in [0.29, 0.717) is 0 Å². The second-order valence-corrected chi connectivity index (χ2v) is 3.27. The van der Waals surface area contributed by atoms with Crippen LogP contribution in [-0.2, 0) is 9.47 Å². The molecule has 1 saturated heterocycles. The summed E-state index contributed by atoms with van der Waals surface area (Å²) in [7, 11) is 0. The zero-order valence-corrected chi connectivity index (χ0v) is 8.31. The third-order valence-corrected chi connectivity index (χ3v) is 2.21. The number of nitrogens with zero attached hydrogens (tertiary/aromatic N) is 3. The van der Waals surface area contributed by atoms with Crippen molar-refractivity contribution in [1.82, 2.24) is 0 Å². The lowest BCUT2D eigenvalue weighted by Crippen LogP contribution is -2.05. The number of amides is 1. The van der Waals surface area contributed by atoms with Crippen LogP contribution in [0.4, 0.5) is 4.79 Å². The summed E-state index contributed by atoms with van der Waals surface area (Å²) in [6.45, 7) is 0.109. The lowest BCUT2D eigenvalue weighted by molar-refractivity contribution is 0.146. The van der Waals surface area contributed by atoms with Crippen molar-refractivity contribution in [1.29, 1.82) is 0 Å². The summed E-state index contributed by atoms with van der Waals surface area (Å²) >= 11 is 0. The number of rotatable bonds is 3. The van der Waals surface area contributed by atoms with Crippen LogP contribution in [0.2, 0.25) is 0 Å². The van der Waals surface area contributed by atoms with Gasteiger partial charge in [-0.05, 0) is 11.1 Å². The minimum Gasteiger partial charge on any atom is -0.458 e. The zero-order chi connectivity index (χ0) is 11.4. The monoisotopic (exact) mass is 219 g/mol. The maximum Gasteiger partial charge on any atom is 0.396 e. The van der Waals surface area contributed by atoms with Crippen LogP contribution in [0.25, 0.3) is 10.4 Å². The summed E-state index contributed by atoms with van der Waals surface area (Å²) < 4.78 is 9.99. The third kappa shape index (κ3) is 2.50. The summed E-state index contributed by atoms with van der Waals surface area (Å²) in [5, 5.41) is 2.79. The van der Waals surface area contributed by atoms with Crippen LogP contribution in [0, 0.1) is 0 Å². The van der Waals surface area contributed by atoms with Crippen molar-refractivity contribution in [2.45, 2.75) is 12.2 Å². The Bertz CT molecular complexity index is 428. The van der Waals surface area contributed by atoms with Gasteiger partial charge in [0.15, 0.2) is 0 Å². The Morgan fingerprint density at radius 2 is 2.25 bits per heavy atom. The molecule has 1 fully saturated rings. The first kappa shape index (κ1) is 10.5. The molecular weight excluding hydrogens is 210 g/mol. The van der Waals surface area contributed by atoms with E-state index in [1.807, 2.05) is 30.3 Å². The molecule has 6 heteroatoms. The van der Waals surface area contributed by atoms with E-state index in [-0.39, 0.29) is 18.8 Å². The van der Waals surface area contributed by atoms with Gasteiger partial charge in [0.05, 0.1) is 0 Å². The number of ether oxygens (including phenoxy) is 2. The summed E-state index contributed by atoms with van der Waals surface area (Å²) in [4.78, 5) is 13.0. The molecule has 1 heterocycles. The van der Waals surface area contributed by atoms with Crippen LogP contribution in [0.3, 0.4) is 0 Å². The van der Waals surface area contributed by atoms with Crippen LogP contribution >= 0.6 is 0 Å². The normalized spacial score (nSPS) is 22.0. The van der Waals surface area contributed by atoms with Gasteiger partial charge in [-0.2, -0.15) is 0 Å². The number of carbonyl (C=O) groups is 1. The van der Waals surface area contributed by atoms with Gasteiger partial charge in [0.1, 0.15) is 18.8 Å². The fourth-order valence-electron chi connectivity index (χ4n) is 1.42. The van der Waals surface area contributed by atoms with Crippen molar-refractivity contribution in [2.75, 3.05) is 6.61 Å². The van der Waals surface area contributed by atoms with E-state index in [0.717, 1.165) is 5.56 Å². The Morgan fingerprint density at radius 1 is 1.50 bits per heavy atom. The molecule has 1 amide bonds. The van der Waals surface area contributed by atoms with Crippen LogP contribution in [0.15, 0.2) is 35.4 Å². The van der Waals surface area contributed by atoms with Crippen LogP contribution < -0.4 is 0 Å². The number of hydrogen-bond donors (Lipinski definition) is 0. The second-order valence-electron chi connectivity index (χ2n) is 3.27. The van der Waals surface area contributed by atoms with Gasteiger partial charge in [-0.15, -0.1) is 0 Å². The quantitative estimate of drug-likeness (QED) is 0.338. The molecule has 0 aliphatic carbocycles. The van der Waals surface area contributed by atoms with Crippen molar-refractivity contribution in [2.24, 2.45) is 5.11 Å². The highest BCUT2D eigenvalue weighted by Crippen LogP contribution is 2.38. The SMILES string of the molecule is [N-]=[N+]=NC(=O)OCC1OC1c1ccccc1. The van der Waals surface area contributed by atoms with Gasteiger partial charge in [-0.1, -0.05) is 30.3 Å². The van der Waals surface area contributed by atoms with E-state index in [2.05, 4.69) is 14.8 Å². The number of benzene rings is 1. The molecule has 1 aromatic carbocycles. The summed E-state index contributed by atoms with van der Waals surface area (Å²) in [5.41, 5.74) is 9.02. The molecule has 1 aromatic rings. The molecule has 6 nitrogen and oxygen atoms in total. The molecule has 0 radical (unpaired) electrons. The predicted molar refractivity (Wildman–Crippen MR) is 54.6 cm³/mol. The van der Waals surface area contributed by atoms with Crippen molar-refractivity contribution in [3.8, 4) is 0 Å². The summed E-state index contributed by atoms with van der Waals surface area (Å²) in [6, 6.07) is 9.64. The Balaban J connectivity index is 1.80. The smallest absolute Gasteiger partial charge is 0.396 e. The minimum absolute atomic E-state index is 0.0277. The highest BCUT2D eigenvalue weighted by atomic mass is 16.6. The Morgan fingerprint density at radius 3 is 2.94 bits per heavy atom. The first-order valence-electron chi connectivity index (χ1n) is 4.73. The molecule has 0 bridgehead atoms. The first-order chi connectivity index (χ1) is 7.81. The van der Waals surface area contributed by atoms with Gasteiger partial charge in [-0.3, -0.25) is 0 Å². The van der Waals surface area contributed by atoms with E-state index in [1.165, 1.54) is 0 Å². The average Bonchev–Trinajstić information content (AvgIpc) is 3.07. The van der Waals surface area contributed by atoms with E-state index in [1.54, 1.807) is 0 Å². The Hall–Kier alpha value is -2.04. The number of azide groups is 1. The predicted octanol–water partition coefficient (Wildman–Crippen LogP) is 2.57. The lowest BCUT2D eigenvalue weighted by Gasteiger charge is -1.96. The molecule has 0 spiro atoms. The highest BCUT2D eigenvalue weighted by Gasteiger charge is 2.40. The molecule has 1 aliphatic heterocycles. The minimum atomic E-state index is -0.926. The molecule has 16 heavy (non-hydrogen) atoms. The average molecular weight is 219 g/mol. The van der Waals surface area contributed by atoms with E-state index >= 15 is 0 Å². The van der Waals surface area contributed by atoms with Crippen LogP contribution in [0.1, 0.15) is 11.7 Å². The number of hydrogen-bond acceptors (Lipinski definition) is 3. The fourth-order valence-corrected chi connectivity index (χ4v) is 1.42. The standard InChI is InChI=1S/C10H9N3O3/c11-13-12-10(14)15-6-8-9(16-8)7-4-2-1-3-5-7/h1-5,8-9H,6H2. The van der Waals surface area contributed by atoms with Crippen molar-refractivity contribution in [3.63, 3.8) is 0 Å². The maximum atomic E-state index is 10.7. The molecule has 0 N–H and O–H groups in total. The summed E-state index contributed by atoms with van der Waals surface area (Å²) in [6.07, 6.45) is -1.09. The highest BCUT2D eigenvalue weighted by molar-refractivity contribution is 5.67.